The number of pyridine rings is 1. The van der Waals surface area contributed by atoms with E-state index < -0.39 is 0 Å². The van der Waals surface area contributed by atoms with Gasteiger partial charge in [0.25, 0.3) is 5.91 Å². The summed E-state index contributed by atoms with van der Waals surface area (Å²) in [6.45, 7) is 0.685. The van der Waals surface area contributed by atoms with Crippen LogP contribution in [0.1, 0.15) is 10.4 Å². The summed E-state index contributed by atoms with van der Waals surface area (Å²) < 4.78 is 11.3. The summed E-state index contributed by atoms with van der Waals surface area (Å²) in [5.74, 6) is 1.08. The Bertz CT molecular complexity index is 709. The van der Waals surface area contributed by atoms with Crippen LogP contribution in [0.4, 0.5) is 0 Å². The third-order valence-corrected chi connectivity index (χ3v) is 3.80. The zero-order chi connectivity index (χ0) is 15.5. The van der Waals surface area contributed by atoms with Crippen LogP contribution in [0.15, 0.2) is 36.5 Å². The number of halogens is 2. The first-order valence-corrected chi connectivity index (χ1v) is 7.37. The van der Waals surface area contributed by atoms with E-state index in [0.29, 0.717) is 30.2 Å². The number of carbonyl (C=O) groups is 1. The van der Waals surface area contributed by atoms with Crippen LogP contribution >= 0.6 is 23.2 Å². The molecule has 1 aliphatic rings. The predicted molar refractivity (Wildman–Crippen MR) is 82.9 cm³/mol. The van der Waals surface area contributed by atoms with Gasteiger partial charge in [-0.3, -0.25) is 4.79 Å². The number of aromatic nitrogens is 1. The molecule has 22 heavy (non-hydrogen) atoms. The Labute approximate surface area is 137 Å². The summed E-state index contributed by atoms with van der Waals surface area (Å²) in [5, 5.41) is 3.16. The van der Waals surface area contributed by atoms with Gasteiger partial charge in [0.15, 0.2) is 11.5 Å². The van der Waals surface area contributed by atoms with Crippen molar-refractivity contribution < 1.29 is 14.3 Å². The van der Waals surface area contributed by atoms with Crippen LogP contribution in [-0.2, 0) is 0 Å². The second-order valence-corrected chi connectivity index (χ2v) is 5.47. The van der Waals surface area contributed by atoms with Crippen LogP contribution in [0.3, 0.4) is 0 Å². The number of hydrogen-bond acceptors (Lipinski definition) is 4. The third-order valence-electron chi connectivity index (χ3n) is 3.12. The van der Waals surface area contributed by atoms with Crippen molar-refractivity contribution in [2.24, 2.45) is 0 Å². The summed E-state index contributed by atoms with van der Waals surface area (Å²) in [5.41, 5.74) is 0.339. The summed E-state index contributed by atoms with van der Waals surface area (Å²) in [6.07, 6.45) is 1.12. The Hall–Kier alpha value is -1.98. The number of hydrogen-bond donors (Lipinski definition) is 1. The van der Waals surface area contributed by atoms with E-state index in [-0.39, 0.29) is 22.2 Å². The Morgan fingerprint density at radius 3 is 2.86 bits per heavy atom. The van der Waals surface area contributed by atoms with Crippen molar-refractivity contribution in [3.8, 4) is 11.5 Å². The van der Waals surface area contributed by atoms with Crippen LogP contribution in [0.2, 0.25) is 10.2 Å². The van der Waals surface area contributed by atoms with E-state index in [9.17, 15) is 4.79 Å². The van der Waals surface area contributed by atoms with E-state index in [1.54, 1.807) is 0 Å². The van der Waals surface area contributed by atoms with Crippen LogP contribution in [0, 0.1) is 0 Å². The highest BCUT2D eigenvalue weighted by Gasteiger charge is 2.21. The number of rotatable bonds is 3. The van der Waals surface area contributed by atoms with Gasteiger partial charge in [0.2, 0.25) is 0 Å². The van der Waals surface area contributed by atoms with Gasteiger partial charge in [-0.2, -0.15) is 0 Å². The summed E-state index contributed by atoms with van der Waals surface area (Å²) in [4.78, 5) is 15.9. The van der Waals surface area contributed by atoms with E-state index in [4.69, 9.17) is 32.7 Å². The number of fused-ring (bicyclic) bond motifs is 1. The smallest absolute Gasteiger partial charge is 0.253 e. The molecule has 0 radical (unpaired) electrons. The van der Waals surface area contributed by atoms with Crippen molar-refractivity contribution >= 4 is 29.1 Å². The van der Waals surface area contributed by atoms with Crippen LogP contribution in [0.25, 0.3) is 0 Å². The number of para-hydroxylation sites is 2. The Morgan fingerprint density at radius 1 is 1.32 bits per heavy atom. The first-order valence-electron chi connectivity index (χ1n) is 6.61. The number of nitrogens with one attached hydrogen (secondary N) is 1. The van der Waals surface area contributed by atoms with Gasteiger partial charge in [-0.15, -0.1) is 0 Å². The lowest BCUT2D eigenvalue weighted by atomic mass is 10.2. The SMILES string of the molecule is O=C(NCC1COc2ccccc2O1)c1cnc(Cl)c(Cl)c1. The minimum atomic E-state index is -0.298. The number of nitrogens with zero attached hydrogens (tertiary/aromatic N) is 1. The minimum Gasteiger partial charge on any atom is -0.486 e. The van der Waals surface area contributed by atoms with Crippen LogP contribution in [0.5, 0.6) is 11.5 Å². The molecule has 1 amide bonds. The van der Waals surface area contributed by atoms with E-state index in [0.717, 1.165) is 0 Å². The maximum atomic E-state index is 12.0. The fourth-order valence-electron chi connectivity index (χ4n) is 2.02. The van der Waals surface area contributed by atoms with Crippen LogP contribution in [-0.4, -0.2) is 30.1 Å². The number of amides is 1. The number of carbonyl (C=O) groups excluding carboxylic acids is 1. The molecular weight excluding hydrogens is 327 g/mol. The van der Waals surface area contributed by atoms with Crippen molar-refractivity contribution in [3.63, 3.8) is 0 Å². The Balaban J connectivity index is 1.59. The zero-order valence-corrected chi connectivity index (χ0v) is 12.9. The first-order chi connectivity index (χ1) is 10.6. The monoisotopic (exact) mass is 338 g/mol. The molecule has 3 rings (SSSR count). The second kappa shape index (κ2) is 6.42. The van der Waals surface area contributed by atoms with Crippen molar-refractivity contribution in [1.82, 2.24) is 10.3 Å². The van der Waals surface area contributed by atoms with Crippen molar-refractivity contribution in [2.75, 3.05) is 13.2 Å². The summed E-state index contributed by atoms with van der Waals surface area (Å²) in [7, 11) is 0. The molecule has 1 unspecified atom stereocenters. The number of benzene rings is 1. The molecule has 1 aromatic carbocycles. The molecule has 0 saturated carbocycles. The molecule has 1 atom stereocenters. The van der Waals surface area contributed by atoms with Gasteiger partial charge in [-0.05, 0) is 18.2 Å². The second-order valence-electron chi connectivity index (χ2n) is 4.70. The molecule has 114 valence electrons. The third kappa shape index (κ3) is 3.26. The van der Waals surface area contributed by atoms with Crippen molar-refractivity contribution in [3.05, 3.63) is 52.3 Å². The molecule has 0 fully saturated rings. The van der Waals surface area contributed by atoms with E-state index in [1.165, 1.54) is 12.3 Å². The lowest BCUT2D eigenvalue weighted by Crippen LogP contribution is -2.40. The highest BCUT2D eigenvalue weighted by Crippen LogP contribution is 2.30. The lowest BCUT2D eigenvalue weighted by Gasteiger charge is -2.26. The standard InChI is InChI=1S/C15H12Cl2N2O3/c16-11-5-9(6-18-14(11)17)15(20)19-7-10-8-21-12-3-1-2-4-13(12)22-10/h1-6,10H,7-8H2,(H,19,20). The summed E-state index contributed by atoms with van der Waals surface area (Å²) >= 11 is 11.6. The molecule has 5 nitrogen and oxygen atoms in total. The maximum absolute atomic E-state index is 12.0. The lowest BCUT2D eigenvalue weighted by molar-refractivity contribution is 0.0789. The molecule has 7 heteroatoms. The van der Waals surface area contributed by atoms with Gasteiger partial charge in [0, 0.05) is 6.20 Å². The average molecular weight is 339 g/mol. The molecular formula is C15H12Cl2N2O3. The maximum Gasteiger partial charge on any atom is 0.253 e. The topological polar surface area (TPSA) is 60.5 Å². The average Bonchev–Trinajstić information content (AvgIpc) is 2.55. The molecule has 0 saturated heterocycles. The largest absolute Gasteiger partial charge is 0.486 e. The molecule has 0 bridgehead atoms. The van der Waals surface area contributed by atoms with Gasteiger partial charge in [-0.25, -0.2) is 4.98 Å². The van der Waals surface area contributed by atoms with Crippen molar-refractivity contribution in [1.29, 1.82) is 0 Å². The van der Waals surface area contributed by atoms with E-state index in [2.05, 4.69) is 10.3 Å². The molecule has 2 aromatic rings. The Kier molecular flexibility index (Phi) is 4.36. The van der Waals surface area contributed by atoms with Gasteiger partial charge in [0.05, 0.1) is 17.1 Å². The highest BCUT2D eigenvalue weighted by molar-refractivity contribution is 6.41. The quantitative estimate of drug-likeness (QED) is 0.874. The Morgan fingerprint density at radius 2 is 2.09 bits per heavy atom. The highest BCUT2D eigenvalue weighted by atomic mass is 35.5. The zero-order valence-electron chi connectivity index (χ0n) is 11.4. The molecule has 1 aromatic heterocycles. The fraction of sp³-hybridized carbons (Fsp3) is 0.200. The predicted octanol–water partition coefficient (Wildman–Crippen LogP) is 2.96. The van der Waals surface area contributed by atoms with Gasteiger partial charge < -0.3 is 14.8 Å². The first kappa shape index (κ1) is 14.9. The van der Waals surface area contributed by atoms with Crippen LogP contribution < -0.4 is 14.8 Å². The number of ether oxygens (including phenoxy) is 2. The van der Waals surface area contributed by atoms with Gasteiger partial charge in [0.1, 0.15) is 17.9 Å². The van der Waals surface area contributed by atoms with Crippen molar-refractivity contribution in [2.45, 2.75) is 6.10 Å². The molecule has 2 heterocycles. The molecule has 1 aliphatic heterocycles. The fourth-order valence-corrected chi connectivity index (χ4v) is 2.29. The molecule has 1 N–H and O–H groups in total. The van der Waals surface area contributed by atoms with E-state index in [1.807, 2.05) is 24.3 Å². The minimum absolute atomic E-state index is 0.166. The molecule has 0 spiro atoms. The van der Waals surface area contributed by atoms with Gasteiger partial charge >= 0.3 is 0 Å². The van der Waals surface area contributed by atoms with Gasteiger partial charge in [-0.1, -0.05) is 35.3 Å². The molecule has 0 aliphatic carbocycles. The summed E-state index contributed by atoms with van der Waals surface area (Å²) in [6, 6.07) is 8.88. The van der Waals surface area contributed by atoms with E-state index >= 15 is 0 Å². The normalized spacial score (nSPS) is 16.2.